The molecule has 0 saturated heterocycles. The zero-order valence-corrected chi connectivity index (χ0v) is 11.4. The highest BCUT2D eigenvalue weighted by molar-refractivity contribution is 7.91. The number of sulfone groups is 1. The summed E-state index contributed by atoms with van der Waals surface area (Å²) in [7, 11) is -8.29. The Labute approximate surface area is 112 Å². The Morgan fingerprint density at radius 1 is 1.00 bits per heavy atom. The van der Waals surface area contributed by atoms with E-state index in [4.69, 9.17) is 0 Å². The van der Waals surface area contributed by atoms with Crippen LogP contribution in [0.5, 0.6) is 0 Å². The molecule has 20 heavy (non-hydrogen) atoms. The minimum absolute atomic E-state index is 0.210. The summed E-state index contributed by atoms with van der Waals surface area (Å²) in [4.78, 5) is 9.69. The largest absolute Gasteiger partial charge is 0.472 e. The number of alkyl halides is 3. The first kappa shape index (κ1) is 16.4. The fourth-order valence-electron chi connectivity index (χ4n) is 1.10. The van der Waals surface area contributed by atoms with Gasteiger partial charge in [-0.2, -0.15) is 13.2 Å². The first-order valence-electron chi connectivity index (χ1n) is 4.78. The fourth-order valence-corrected chi connectivity index (χ4v) is 2.71. The van der Waals surface area contributed by atoms with Gasteiger partial charge in [-0.25, -0.2) is 21.6 Å². The van der Waals surface area contributed by atoms with Gasteiger partial charge in [0.2, 0.25) is 0 Å². The first-order valence-corrected chi connectivity index (χ1v) is 8.15. The maximum atomic E-state index is 12.0. The molecule has 0 saturated carbocycles. The molecule has 1 N–H and O–H groups in total. The molecule has 0 bridgehead atoms. The predicted octanol–water partition coefficient (Wildman–Crippen LogP) is 0.457. The third-order valence-corrected chi connectivity index (χ3v) is 4.52. The van der Waals surface area contributed by atoms with E-state index in [1.54, 1.807) is 0 Å². The van der Waals surface area contributed by atoms with Crippen molar-refractivity contribution in [2.75, 3.05) is 6.26 Å². The van der Waals surface area contributed by atoms with Crippen molar-refractivity contribution in [2.45, 2.75) is 16.0 Å². The lowest BCUT2D eigenvalue weighted by atomic mass is 10.4. The Hall–Kier alpha value is -1.62. The van der Waals surface area contributed by atoms with E-state index in [1.807, 2.05) is 0 Å². The van der Waals surface area contributed by atoms with E-state index in [9.17, 15) is 34.8 Å². The van der Waals surface area contributed by atoms with Crippen LogP contribution in [0, 0.1) is 0 Å². The van der Waals surface area contributed by atoms with E-state index in [1.165, 1.54) is 0 Å². The molecule has 0 aliphatic heterocycles. The van der Waals surface area contributed by atoms with Gasteiger partial charge in [0.15, 0.2) is 9.84 Å². The standard InChI is InChI=1S/C9H8F3NO5S2/c1-19(15,16)6-2-4-7(5-3-6)20(17,18)13-8(14)9(10,11)12/h2-5H,1H3,(H,13,14). The van der Waals surface area contributed by atoms with Crippen molar-refractivity contribution in [3.05, 3.63) is 24.3 Å². The molecule has 0 aliphatic carbocycles. The number of sulfonamides is 1. The van der Waals surface area contributed by atoms with Crippen LogP contribution in [-0.2, 0) is 24.7 Å². The minimum atomic E-state index is -5.35. The number of benzene rings is 1. The van der Waals surface area contributed by atoms with E-state index >= 15 is 0 Å². The van der Waals surface area contributed by atoms with Gasteiger partial charge in [-0.05, 0) is 24.3 Å². The summed E-state index contributed by atoms with van der Waals surface area (Å²) in [5.74, 6) is -2.63. The summed E-state index contributed by atoms with van der Waals surface area (Å²) in [6.07, 6.45) is -4.47. The normalized spacial score (nSPS) is 13.0. The molecule has 0 aromatic heterocycles. The van der Waals surface area contributed by atoms with Gasteiger partial charge in [-0.3, -0.25) is 4.79 Å². The molecule has 0 radical (unpaired) electrons. The van der Waals surface area contributed by atoms with Gasteiger partial charge in [0.25, 0.3) is 10.0 Å². The Balaban J connectivity index is 3.09. The van der Waals surface area contributed by atoms with Crippen molar-refractivity contribution in [1.29, 1.82) is 0 Å². The van der Waals surface area contributed by atoms with Gasteiger partial charge >= 0.3 is 12.1 Å². The summed E-state index contributed by atoms with van der Waals surface area (Å²) < 4.78 is 81.9. The van der Waals surface area contributed by atoms with Crippen LogP contribution in [-0.4, -0.2) is 35.2 Å². The van der Waals surface area contributed by atoms with Gasteiger partial charge < -0.3 is 0 Å². The number of rotatable bonds is 3. The van der Waals surface area contributed by atoms with Crippen LogP contribution in [0.25, 0.3) is 0 Å². The summed E-state index contributed by atoms with van der Waals surface area (Å²) >= 11 is 0. The zero-order valence-electron chi connectivity index (χ0n) is 9.80. The van der Waals surface area contributed by atoms with Gasteiger partial charge in [0, 0.05) is 6.26 Å². The van der Waals surface area contributed by atoms with E-state index in [2.05, 4.69) is 0 Å². The monoisotopic (exact) mass is 331 g/mol. The molecule has 0 aliphatic rings. The van der Waals surface area contributed by atoms with Crippen molar-refractivity contribution < 1.29 is 34.8 Å². The lowest BCUT2D eigenvalue weighted by molar-refractivity contribution is -0.171. The maximum absolute atomic E-state index is 12.0. The molecule has 0 unspecified atom stereocenters. The average molecular weight is 331 g/mol. The molecular formula is C9H8F3NO5S2. The topological polar surface area (TPSA) is 97.4 Å². The first-order chi connectivity index (χ1) is 8.84. The Bertz CT molecular complexity index is 720. The average Bonchev–Trinajstić information content (AvgIpc) is 2.26. The molecule has 0 spiro atoms. The number of amides is 1. The number of carbonyl (C=O) groups is 1. The SMILES string of the molecule is CS(=O)(=O)c1ccc(S(=O)(=O)NC(=O)C(F)(F)F)cc1. The lowest BCUT2D eigenvalue weighted by Gasteiger charge is -2.09. The van der Waals surface area contributed by atoms with Gasteiger partial charge in [0.1, 0.15) is 0 Å². The molecule has 1 rings (SSSR count). The second-order valence-corrected chi connectivity index (χ2v) is 7.37. The number of hydrogen-bond acceptors (Lipinski definition) is 5. The third kappa shape index (κ3) is 3.93. The van der Waals surface area contributed by atoms with Crippen molar-refractivity contribution in [1.82, 2.24) is 4.72 Å². The highest BCUT2D eigenvalue weighted by Gasteiger charge is 2.41. The summed E-state index contributed by atoms with van der Waals surface area (Å²) in [6.45, 7) is 0. The molecule has 1 aromatic rings. The Morgan fingerprint density at radius 2 is 1.40 bits per heavy atom. The van der Waals surface area contributed by atoms with E-state index in [0.29, 0.717) is 0 Å². The van der Waals surface area contributed by atoms with Crippen molar-refractivity contribution in [3.63, 3.8) is 0 Å². The molecule has 1 amide bonds. The Kier molecular flexibility index (Phi) is 4.15. The summed E-state index contributed by atoms with van der Waals surface area (Å²) in [5.41, 5.74) is 0. The van der Waals surface area contributed by atoms with E-state index in [-0.39, 0.29) is 4.90 Å². The maximum Gasteiger partial charge on any atom is 0.472 e. The second-order valence-electron chi connectivity index (χ2n) is 3.68. The van der Waals surface area contributed by atoms with Crippen molar-refractivity contribution in [3.8, 4) is 0 Å². The smallest absolute Gasteiger partial charge is 0.263 e. The van der Waals surface area contributed by atoms with E-state index in [0.717, 1.165) is 35.2 Å². The van der Waals surface area contributed by atoms with Crippen LogP contribution in [0.1, 0.15) is 0 Å². The molecule has 0 heterocycles. The molecule has 11 heteroatoms. The van der Waals surface area contributed by atoms with Crippen LogP contribution >= 0.6 is 0 Å². The predicted molar refractivity (Wildman–Crippen MR) is 60.9 cm³/mol. The summed E-state index contributed by atoms with van der Waals surface area (Å²) in [6, 6.07) is 3.37. The van der Waals surface area contributed by atoms with Crippen LogP contribution in [0.4, 0.5) is 13.2 Å². The number of carbonyl (C=O) groups excluding carboxylic acids is 1. The summed E-state index contributed by atoms with van der Waals surface area (Å²) in [5, 5.41) is 0. The van der Waals surface area contributed by atoms with Crippen LogP contribution in [0.15, 0.2) is 34.1 Å². The highest BCUT2D eigenvalue weighted by atomic mass is 32.2. The third-order valence-electron chi connectivity index (χ3n) is 2.05. The van der Waals surface area contributed by atoms with Crippen LogP contribution < -0.4 is 4.72 Å². The Morgan fingerprint density at radius 3 is 1.75 bits per heavy atom. The van der Waals surface area contributed by atoms with Crippen LogP contribution in [0.3, 0.4) is 0 Å². The minimum Gasteiger partial charge on any atom is -0.263 e. The molecule has 0 fully saturated rings. The highest BCUT2D eigenvalue weighted by Crippen LogP contribution is 2.18. The van der Waals surface area contributed by atoms with Crippen molar-refractivity contribution in [2.24, 2.45) is 0 Å². The number of hydrogen-bond donors (Lipinski definition) is 1. The molecular weight excluding hydrogens is 323 g/mol. The second kappa shape index (κ2) is 5.05. The van der Waals surface area contributed by atoms with Gasteiger partial charge in [-0.1, -0.05) is 0 Å². The van der Waals surface area contributed by atoms with Crippen molar-refractivity contribution >= 4 is 25.8 Å². The molecule has 0 atom stereocenters. The fraction of sp³-hybridized carbons (Fsp3) is 0.222. The molecule has 112 valence electrons. The zero-order chi connectivity index (χ0) is 15.8. The van der Waals surface area contributed by atoms with Gasteiger partial charge in [-0.15, -0.1) is 0 Å². The molecule has 1 aromatic carbocycles. The quantitative estimate of drug-likeness (QED) is 0.868. The van der Waals surface area contributed by atoms with Crippen LogP contribution in [0.2, 0.25) is 0 Å². The van der Waals surface area contributed by atoms with Gasteiger partial charge in [0.05, 0.1) is 9.79 Å². The number of halogens is 3. The lowest BCUT2D eigenvalue weighted by Crippen LogP contribution is -2.40. The number of nitrogens with one attached hydrogen (secondary N) is 1. The molecule has 6 nitrogen and oxygen atoms in total. The van der Waals surface area contributed by atoms with E-state index < -0.39 is 36.8 Å².